The molecule has 4 aromatic carbocycles. The van der Waals surface area contributed by atoms with E-state index in [9.17, 15) is 0 Å². The molecule has 4 bridgehead atoms. The summed E-state index contributed by atoms with van der Waals surface area (Å²) in [6, 6.07) is 26.6. The molecule has 4 heteroatoms. The summed E-state index contributed by atoms with van der Waals surface area (Å²) in [5.41, 5.74) is 9.21. The number of hydrogen-bond donors (Lipinski definition) is 0. The van der Waals surface area contributed by atoms with Crippen molar-refractivity contribution in [3.63, 3.8) is 0 Å². The topological polar surface area (TPSA) is 36.9 Å². The number of rotatable bonds is 48. The van der Waals surface area contributed by atoms with Gasteiger partial charge in [-0.05, 0) is 122 Å². The highest BCUT2D eigenvalue weighted by molar-refractivity contribution is 5.57. The molecule has 0 aromatic heterocycles. The normalized spacial score (nSPS) is 11.9. The van der Waals surface area contributed by atoms with Gasteiger partial charge in [0.05, 0.1) is 37.6 Å². The minimum Gasteiger partial charge on any atom is -0.494 e. The van der Waals surface area contributed by atoms with Crippen LogP contribution in [-0.4, -0.2) is 26.4 Å². The molecule has 84 heavy (non-hydrogen) atoms. The van der Waals surface area contributed by atoms with Crippen molar-refractivity contribution >= 4 is 0 Å². The van der Waals surface area contributed by atoms with Crippen molar-refractivity contribution < 1.29 is 18.9 Å². The lowest BCUT2D eigenvalue weighted by Gasteiger charge is -2.14. The van der Waals surface area contributed by atoms with Crippen LogP contribution in [0.2, 0.25) is 0 Å². The Morgan fingerprint density at radius 3 is 0.810 bits per heavy atom. The van der Waals surface area contributed by atoms with Crippen molar-refractivity contribution in [2.24, 2.45) is 0 Å². The van der Waals surface area contributed by atoms with Crippen LogP contribution in [0.4, 0.5) is 0 Å². The van der Waals surface area contributed by atoms with Crippen LogP contribution in [-0.2, 0) is 25.7 Å². The van der Waals surface area contributed by atoms with E-state index in [0.717, 1.165) is 110 Å². The third kappa shape index (κ3) is 31.5. The third-order valence-corrected chi connectivity index (χ3v) is 17.3. The second-order valence-electron chi connectivity index (χ2n) is 24.9. The minimum absolute atomic E-state index is 0.713. The first-order chi connectivity index (χ1) is 41.6. The fourth-order valence-corrected chi connectivity index (χ4v) is 11.8. The van der Waals surface area contributed by atoms with Crippen LogP contribution >= 0.6 is 0 Å². The van der Waals surface area contributed by atoms with E-state index in [1.54, 1.807) is 0 Å². The molecule has 0 amide bonds. The average molecular weight is 1150 g/mol. The van der Waals surface area contributed by atoms with Crippen LogP contribution in [0.15, 0.2) is 72.8 Å². The molecule has 0 saturated carbocycles. The third-order valence-electron chi connectivity index (χ3n) is 17.3. The molecule has 0 heterocycles. The maximum absolute atomic E-state index is 6.54. The van der Waals surface area contributed by atoms with E-state index in [-0.39, 0.29) is 0 Å². The molecule has 0 atom stereocenters. The van der Waals surface area contributed by atoms with E-state index in [1.165, 1.54) is 253 Å². The predicted octanol–water partition coefficient (Wildman–Crippen LogP) is 23.6. The number of ether oxygens (including phenoxy) is 4. The second kappa shape index (κ2) is 47.4. The molecule has 0 unspecified atom stereocenters. The molecule has 0 fully saturated rings. The van der Waals surface area contributed by atoms with Gasteiger partial charge in [0.25, 0.3) is 0 Å². The van der Waals surface area contributed by atoms with Crippen LogP contribution in [0.25, 0.3) is 0 Å². The largest absolute Gasteiger partial charge is 0.494 e. The van der Waals surface area contributed by atoms with E-state index in [4.69, 9.17) is 18.9 Å². The predicted molar refractivity (Wildman–Crippen MR) is 362 cm³/mol. The smallest absolute Gasteiger partial charge is 0.135 e. The summed E-state index contributed by atoms with van der Waals surface area (Å²) in [6.07, 6.45) is 56.1. The number of aryl methyl sites for hydroxylation is 4. The lowest BCUT2D eigenvalue weighted by Crippen LogP contribution is -2.03. The summed E-state index contributed by atoms with van der Waals surface area (Å²) >= 11 is 0. The van der Waals surface area contributed by atoms with Crippen LogP contribution in [0.3, 0.4) is 0 Å². The van der Waals surface area contributed by atoms with Crippen LogP contribution < -0.4 is 18.9 Å². The molecule has 4 aliphatic rings. The summed E-state index contributed by atoms with van der Waals surface area (Å²) in [6.45, 7) is 12.1. The molecule has 4 aromatic rings. The Balaban J connectivity index is 1.24. The minimum atomic E-state index is 0.713. The summed E-state index contributed by atoms with van der Waals surface area (Å²) in [4.78, 5) is 0. The Kier molecular flexibility index (Phi) is 39.4. The molecular formula is C80H120O4. The summed E-state index contributed by atoms with van der Waals surface area (Å²) in [5, 5.41) is 0. The fourth-order valence-electron chi connectivity index (χ4n) is 11.8. The summed E-state index contributed by atoms with van der Waals surface area (Å²) < 4.78 is 25.9. The molecule has 0 spiro atoms. The van der Waals surface area contributed by atoms with E-state index in [2.05, 4.69) is 124 Å². The van der Waals surface area contributed by atoms with E-state index >= 15 is 0 Å². The molecule has 0 saturated heterocycles. The van der Waals surface area contributed by atoms with Gasteiger partial charge in [0.15, 0.2) is 0 Å². The van der Waals surface area contributed by atoms with Gasteiger partial charge in [0, 0.05) is 11.1 Å². The number of hydrogen-bond acceptors (Lipinski definition) is 4. The Morgan fingerprint density at radius 2 is 0.512 bits per heavy atom. The van der Waals surface area contributed by atoms with Gasteiger partial charge in [-0.25, -0.2) is 0 Å². The van der Waals surface area contributed by atoms with Crippen LogP contribution in [0.5, 0.6) is 23.0 Å². The molecular weight excluding hydrogens is 1020 g/mol. The SMILES string of the molecule is CCCCCCCCCCCCOc1ccc(OCCCCCCCCCCCC)c(C#Cc2cc3ccc2CCc2ccc(c(C#Cc4cc(OCCCCCCCCCCCC)ccc4OCCCCCCCCCCCC)c2)CC3)c1. The van der Waals surface area contributed by atoms with E-state index in [1.807, 2.05) is 0 Å². The molecule has 0 radical (unpaired) electrons. The van der Waals surface area contributed by atoms with Gasteiger partial charge in [-0.2, -0.15) is 0 Å². The maximum Gasteiger partial charge on any atom is 0.135 e. The number of unbranched alkanes of at least 4 members (excludes halogenated alkanes) is 36. The second-order valence-corrected chi connectivity index (χ2v) is 24.9. The monoisotopic (exact) mass is 1140 g/mol. The van der Waals surface area contributed by atoms with Gasteiger partial charge in [0.1, 0.15) is 23.0 Å². The lowest BCUT2D eigenvalue weighted by atomic mass is 9.91. The van der Waals surface area contributed by atoms with Gasteiger partial charge in [-0.15, -0.1) is 0 Å². The van der Waals surface area contributed by atoms with Crippen molar-refractivity contribution in [1.29, 1.82) is 0 Å². The number of benzene rings is 4. The van der Waals surface area contributed by atoms with Gasteiger partial charge in [0.2, 0.25) is 0 Å². The first-order valence-corrected chi connectivity index (χ1v) is 35.7. The quantitative estimate of drug-likeness (QED) is 0.0326. The molecule has 464 valence electrons. The van der Waals surface area contributed by atoms with Crippen molar-refractivity contribution in [2.75, 3.05) is 26.4 Å². The van der Waals surface area contributed by atoms with Gasteiger partial charge in [-0.3, -0.25) is 0 Å². The Hall–Kier alpha value is -4.80. The molecule has 0 N–H and O–H groups in total. The molecule has 4 nitrogen and oxygen atoms in total. The highest BCUT2D eigenvalue weighted by atomic mass is 16.5. The fraction of sp³-hybridized carbons (Fsp3) is 0.650. The Morgan fingerprint density at radius 1 is 0.250 bits per heavy atom. The summed E-state index contributed by atoms with van der Waals surface area (Å²) in [7, 11) is 0. The summed E-state index contributed by atoms with van der Waals surface area (Å²) in [5.74, 6) is 18.1. The molecule has 8 rings (SSSR count). The zero-order valence-corrected chi connectivity index (χ0v) is 54.5. The van der Waals surface area contributed by atoms with Crippen LogP contribution in [0.1, 0.15) is 329 Å². The van der Waals surface area contributed by atoms with Crippen molar-refractivity contribution in [2.45, 2.75) is 310 Å². The van der Waals surface area contributed by atoms with Gasteiger partial charge >= 0.3 is 0 Å². The lowest BCUT2D eigenvalue weighted by molar-refractivity contribution is 0.295. The van der Waals surface area contributed by atoms with Crippen molar-refractivity contribution in [1.82, 2.24) is 0 Å². The Bertz CT molecular complexity index is 2260. The Labute approximate surface area is 516 Å². The first-order valence-electron chi connectivity index (χ1n) is 35.7. The van der Waals surface area contributed by atoms with Crippen LogP contribution in [0, 0.1) is 23.7 Å². The zero-order valence-electron chi connectivity index (χ0n) is 54.5. The van der Waals surface area contributed by atoms with Gasteiger partial charge < -0.3 is 18.9 Å². The van der Waals surface area contributed by atoms with E-state index in [0.29, 0.717) is 13.2 Å². The zero-order chi connectivity index (χ0) is 59.0. The van der Waals surface area contributed by atoms with E-state index < -0.39 is 0 Å². The van der Waals surface area contributed by atoms with Gasteiger partial charge in [-0.1, -0.05) is 307 Å². The first kappa shape index (κ1) is 70.0. The highest BCUT2D eigenvalue weighted by Gasteiger charge is 2.13. The van der Waals surface area contributed by atoms with Crippen molar-refractivity contribution in [3.8, 4) is 46.7 Å². The maximum atomic E-state index is 6.54. The standard InChI is InChI=1S/C80H120O4/c1-5-9-13-17-21-25-29-33-37-41-61-81-77-57-59-79(83-63-43-39-35-31-27-23-19-15-11-7-3)75(67-77)55-53-73-65-69-45-49-71(73)51-47-70-46-50-72(52-48-69)74(66-70)54-56-76-68-78(82-62-42-38-34-30-26-22-18-14-10-6-2)58-60-80(76)84-64-44-40-36-32-28-24-20-16-12-8-4/h45-46,49-50,57-60,65-68H,5-44,47-48,51-52,61-64H2,1-4H3. The highest BCUT2D eigenvalue weighted by Crippen LogP contribution is 2.29. The van der Waals surface area contributed by atoms with Crippen molar-refractivity contribution in [3.05, 3.63) is 117 Å². The molecule has 4 aliphatic carbocycles. The average Bonchev–Trinajstić information content (AvgIpc) is 3.60. The molecule has 0 aliphatic heterocycles.